The highest BCUT2D eigenvalue weighted by atomic mass is 16.4. The van der Waals surface area contributed by atoms with Crippen molar-refractivity contribution in [3.8, 4) is 0 Å². The van der Waals surface area contributed by atoms with Crippen LogP contribution in [0.25, 0.3) is 0 Å². The van der Waals surface area contributed by atoms with Gasteiger partial charge in [-0.25, -0.2) is 4.79 Å². The van der Waals surface area contributed by atoms with Crippen LogP contribution in [0.1, 0.15) is 19.3 Å². The highest BCUT2D eigenvalue weighted by molar-refractivity contribution is 5.78. The zero-order chi connectivity index (χ0) is 10.8. The van der Waals surface area contributed by atoms with E-state index in [1.807, 2.05) is 0 Å². The van der Waals surface area contributed by atoms with Gasteiger partial charge >= 0.3 is 12.0 Å². The van der Waals surface area contributed by atoms with Crippen LogP contribution in [0.2, 0.25) is 0 Å². The first-order chi connectivity index (χ1) is 6.48. The molecule has 0 aromatic rings. The molecule has 2 N–H and O–H groups in total. The van der Waals surface area contributed by atoms with Crippen molar-refractivity contribution in [3.05, 3.63) is 0 Å². The fraction of sp³-hybridized carbons (Fsp3) is 0.778. The molecule has 0 atom stereocenters. The predicted octanol–water partition coefficient (Wildman–Crippen LogP) is 0.512. The first-order valence-electron chi connectivity index (χ1n) is 4.66. The molecule has 0 saturated heterocycles. The molecule has 1 fully saturated rings. The summed E-state index contributed by atoms with van der Waals surface area (Å²) in [5.74, 6) is -0.803. The molecule has 80 valence electrons. The molecule has 1 aliphatic carbocycles. The molecule has 0 radical (unpaired) electrons. The molecule has 0 unspecified atom stereocenters. The van der Waals surface area contributed by atoms with Crippen molar-refractivity contribution < 1.29 is 14.7 Å². The third-order valence-corrected chi connectivity index (χ3v) is 2.75. The number of urea groups is 1. The Labute approximate surface area is 83.1 Å². The Hall–Kier alpha value is -1.26. The smallest absolute Gasteiger partial charge is 0.316 e. The number of rotatable bonds is 3. The van der Waals surface area contributed by atoms with Crippen LogP contribution in [-0.2, 0) is 4.79 Å². The summed E-state index contributed by atoms with van der Waals surface area (Å²) >= 11 is 0. The Morgan fingerprint density at radius 1 is 1.43 bits per heavy atom. The minimum absolute atomic E-state index is 0.235. The van der Waals surface area contributed by atoms with E-state index in [2.05, 4.69) is 5.32 Å². The quantitative estimate of drug-likeness (QED) is 0.697. The Kier molecular flexibility index (Phi) is 2.98. The van der Waals surface area contributed by atoms with E-state index in [9.17, 15) is 9.59 Å². The SMILES string of the molecule is CN(C)C(=O)NCC1(C(=O)O)CCC1. The fourth-order valence-electron chi connectivity index (χ4n) is 1.47. The first-order valence-corrected chi connectivity index (χ1v) is 4.66. The maximum Gasteiger partial charge on any atom is 0.316 e. The molecule has 1 saturated carbocycles. The summed E-state index contributed by atoms with van der Waals surface area (Å²) in [6, 6.07) is -0.238. The molecule has 0 bridgehead atoms. The van der Waals surface area contributed by atoms with Crippen molar-refractivity contribution in [1.82, 2.24) is 10.2 Å². The summed E-state index contributed by atoms with van der Waals surface area (Å²) in [4.78, 5) is 23.5. The summed E-state index contributed by atoms with van der Waals surface area (Å²) in [6.45, 7) is 0.235. The van der Waals surface area contributed by atoms with Gasteiger partial charge in [-0.2, -0.15) is 0 Å². The van der Waals surface area contributed by atoms with E-state index in [-0.39, 0.29) is 12.6 Å². The summed E-state index contributed by atoms with van der Waals surface area (Å²) in [5, 5.41) is 11.6. The van der Waals surface area contributed by atoms with Gasteiger partial charge < -0.3 is 15.3 Å². The summed E-state index contributed by atoms with van der Waals surface area (Å²) < 4.78 is 0. The molecule has 2 amide bonds. The summed E-state index contributed by atoms with van der Waals surface area (Å²) in [7, 11) is 3.26. The number of carbonyl (C=O) groups is 2. The third-order valence-electron chi connectivity index (χ3n) is 2.75. The van der Waals surface area contributed by atoms with Crippen LogP contribution in [0.5, 0.6) is 0 Å². The number of hydrogen-bond donors (Lipinski definition) is 2. The van der Waals surface area contributed by atoms with Gasteiger partial charge in [-0.05, 0) is 12.8 Å². The normalized spacial score (nSPS) is 18.1. The molecule has 0 aromatic heterocycles. The number of nitrogens with one attached hydrogen (secondary N) is 1. The van der Waals surface area contributed by atoms with Crippen LogP contribution < -0.4 is 5.32 Å². The average Bonchev–Trinajstić information content (AvgIpc) is 2.00. The Bertz CT molecular complexity index is 246. The number of carboxylic acid groups (broad SMARTS) is 1. The molecule has 0 aliphatic heterocycles. The molecule has 14 heavy (non-hydrogen) atoms. The summed E-state index contributed by atoms with van der Waals surface area (Å²) in [5.41, 5.74) is -0.703. The lowest BCUT2D eigenvalue weighted by Gasteiger charge is -2.37. The van der Waals surface area contributed by atoms with Gasteiger partial charge in [-0.3, -0.25) is 4.79 Å². The van der Waals surface area contributed by atoms with Crippen LogP contribution in [0.4, 0.5) is 4.79 Å². The topological polar surface area (TPSA) is 69.6 Å². The second-order valence-corrected chi connectivity index (χ2v) is 3.99. The number of carbonyl (C=O) groups excluding carboxylic acids is 1. The van der Waals surface area contributed by atoms with Crippen LogP contribution in [0.15, 0.2) is 0 Å². The lowest BCUT2D eigenvalue weighted by Crippen LogP contribution is -2.49. The Morgan fingerprint density at radius 3 is 2.29 bits per heavy atom. The summed E-state index contributed by atoms with van der Waals surface area (Å²) in [6.07, 6.45) is 2.26. The molecule has 1 aliphatic rings. The maximum atomic E-state index is 11.2. The monoisotopic (exact) mass is 200 g/mol. The number of carboxylic acids is 1. The van der Waals surface area contributed by atoms with Gasteiger partial charge in [0.1, 0.15) is 0 Å². The molecule has 5 heteroatoms. The van der Waals surface area contributed by atoms with Crippen molar-refractivity contribution in [3.63, 3.8) is 0 Å². The van der Waals surface area contributed by atoms with Gasteiger partial charge in [0.25, 0.3) is 0 Å². The average molecular weight is 200 g/mol. The van der Waals surface area contributed by atoms with Crippen LogP contribution in [-0.4, -0.2) is 42.6 Å². The van der Waals surface area contributed by atoms with Crippen molar-refractivity contribution in [2.45, 2.75) is 19.3 Å². The van der Waals surface area contributed by atoms with Crippen LogP contribution >= 0.6 is 0 Å². The third kappa shape index (κ3) is 1.97. The molecule has 0 aromatic carbocycles. The molecular formula is C9H16N2O3. The maximum absolute atomic E-state index is 11.2. The zero-order valence-electron chi connectivity index (χ0n) is 8.54. The molecule has 5 nitrogen and oxygen atoms in total. The van der Waals surface area contributed by atoms with Crippen molar-refractivity contribution in [2.75, 3.05) is 20.6 Å². The van der Waals surface area contributed by atoms with Crippen molar-refractivity contribution in [2.24, 2.45) is 5.41 Å². The highest BCUT2D eigenvalue weighted by Gasteiger charge is 2.44. The first kappa shape index (κ1) is 10.8. The second kappa shape index (κ2) is 3.86. The van der Waals surface area contributed by atoms with Gasteiger partial charge in [0.05, 0.1) is 5.41 Å². The number of aliphatic carboxylic acids is 1. The van der Waals surface area contributed by atoms with Crippen LogP contribution in [0.3, 0.4) is 0 Å². The van der Waals surface area contributed by atoms with Gasteiger partial charge in [-0.15, -0.1) is 0 Å². The minimum Gasteiger partial charge on any atom is -0.481 e. The number of nitrogens with zero attached hydrogens (tertiary/aromatic N) is 1. The van der Waals surface area contributed by atoms with E-state index in [0.717, 1.165) is 6.42 Å². The molecular weight excluding hydrogens is 184 g/mol. The lowest BCUT2D eigenvalue weighted by molar-refractivity contribution is -0.153. The van der Waals surface area contributed by atoms with Crippen molar-refractivity contribution >= 4 is 12.0 Å². The number of hydrogen-bond acceptors (Lipinski definition) is 2. The largest absolute Gasteiger partial charge is 0.481 e. The zero-order valence-corrected chi connectivity index (χ0v) is 8.54. The highest BCUT2D eigenvalue weighted by Crippen LogP contribution is 2.40. The van der Waals surface area contributed by atoms with Gasteiger partial charge in [0.2, 0.25) is 0 Å². The van der Waals surface area contributed by atoms with Crippen LogP contribution in [0, 0.1) is 5.41 Å². The minimum atomic E-state index is -0.803. The molecule has 0 heterocycles. The van der Waals surface area contributed by atoms with E-state index < -0.39 is 11.4 Å². The van der Waals surface area contributed by atoms with Gasteiger partial charge in [0.15, 0.2) is 0 Å². The fourth-order valence-corrected chi connectivity index (χ4v) is 1.47. The van der Waals surface area contributed by atoms with E-state index in [4.69, 9.17) is 5.11 Å². The molecule has 1 rings (SSSR count). The Balaban J connectivity index is 2.43. The number of amides is 2. The van der Waals surface area contributed by atoms with Gasteiger partial charge in [-0.1, -0.05) is 6.42 Å². The van der Waals surface area contributed by atoms with E-state index in [0.29, 0.717) is 12.8 Å². The second-order valence-electron chi connectivity index (χ2n) is 3.99. The van der Waals surface area contributed by atoms with E-state index in [1.165, 1.54) is 4.90 Å². The standard InChI is InChI=1S/C9H16N2O3/c1-11(2)8(14)10-6-9(7(12)13)4-3-5-9/h3-6H2,1-2H3,(H,10,14)(H,12,13). The van der Waals surface area contributed by atoms with E-state index in [1.54, 1.807) is 14.1 Å². The Morgan fingerprint density at radius 2 is 2.00 bits per heavy atom. The van der Waals surface area contributed by atoms with E-state index >= 15 is 0 Å². The van der Waals surface area contributed by atoms with Gasteiger partial charge in [0, 0.05) is 20.6 Å². The predicted molar refractivity (Wildman–Crippen MR) is 51.0 cm³/mol. The lowest BCUT2D eigenvalue weighted by atomic mass is 9.69. The molecule has 0 spiro atoms. The van der Waals surface area contributed by atoms with Crippen molar-refractivity contribution in [1.29, 1.82) is 0 Å².